The van der Waals surface area contributed by atoms with E-state index in [1.807, 2.05) is 38.2 Å². The maximum absolute atomic E-state index is 2.69. The molecule has 1 heteroatoms. The first-order valence-corrected chi connectivity index (χ1v) is 9.13. The van der Waals surface area contributed by atoms with Gasteiger partial charge in [-0.25, -0.2) is 0 Å². The minimum absolute atomic E-state index is 0.243. The molecule has 1 saturated carbocycles. The third kappa shape index (κ3) is 4.07. The smallest absolute Gasteiger partial charge is 0.0409 e. The fraction of sp³-hybridized carbons (Fsp3) is 0.545. The first kappa shape index (κ1) is 17.8. The first-order chi connectivity index (χ1) is 11.0. The van der Waals surface area contributed by atoms with Gasteiger partial charge in [0.15, 0.2) is 0 Å². The van der Waals surface area contributed by atoms with Crippen molar-refractivity contribution in [1.29, 1.82) is 0 Å². The van der Waals surface area contributed by atoms with Crippen molar-refractivity contribution in [2.45, 2.75) is 77.8 Å². The van der Waals surface area contributed by atoms with Crippen LogP contribution in [0.5, 0.6) is 0 Å². The van der Waals surface area contributed by atoms with Gasteiger partial charge in [0.05, 0.1) is 0 Å². The van der Waals surface area contributed by atoms with Crippen LogP contribution in [0, 0.1) is 0 Å². The number of hydrogen-bond donors (Lipinski definition) is 0. The lowest BCUT2D eigenvalue weighted by atomic mass is 9.82. The van der Waals surface area contributed by atoms with Gasteiger partial charge < -0.3 is 4.90 Å². The van der Waals surface area contributed by atoms with Gasteiger partial charge in [0, 0.05) is 23.2 Å². The number of rotatable bonds is 1. The third-order valence-electron chi connectivity index (χ3n) is 4.88. The molecule has 0 amide bonds. The Balaban J connectivity index is 0.000000277. The molecular weight excluding hydrogens is 278 g/mol. The molecule has 2 aliphatic rings. The Bertz CT molecular complexity index is 537. The zero-order chi connectivity index (χ0) is 16.9. The second-order valence-electron chi connectivity index (χ2n) is 7.61. The molecule has 2 unspecified atom stereocenters. The number of anilines is 1. The molecule has 23 heavy (non-hydrogen) atoms. The molecule has 1 aromatic rings. The van der Waals surface area contributed by atoms with Crippen LogP contribution in [0.15, 0.2) is 48.6 Å². The Labute approximate surface area is 143 Å². The summed E-state index contributed by atoms with van der Waals surface area (Å²) in [4.78, 5) is 2.69. The highest BCUT2D eigenvalue weighted by Gasteiger charge is 2.43. The average molecular weight is 312 g/mol. The van der Waals surface area contributed by atoms with Crippen molar-refractivity contribution in [1.82, 2.24) is 0 Å². The number of para-hydroxylation sites is 1. The minimum Gasteiger partial charge on any atom is -0.363 e. The molecule has 0 spiro atoms. The molecule has 1 heterocycles. The third-order valence-corrected chi connectivity index (χ3v) is 4.88. The van der Waals surface area contributed by atoms with E-state index in [2.05, 4.69) is 49.9 Å². The van der Waals surface area contributed by atoms with Crippen molar-refractivity contribution in [3.63, 3.8) is 0 Å². The van der Waals surface area contributed by atoms with Crippen molar-refractivity contribution in [2.24, 2.45) is 0 Å². The van der Waals surface area contributed by atoms with Crippen LogP contribution >= 0.6 is 0 Å². The number of allylic oxidation sites excluding steroid dienone is 4. The van der Waals surface area contributed by atoms with Crippen LogP contribution in [-0.4, -0.2) is 11.6 Å². The summed E-state index contributed by atoms with van der Waals surface area (Å²) in [5.74, 6) is 0.791. The quantitative estimate of drug-likeness (QED) is 0.537. The van der Waals surface area contributed by atoms with Crippen LogP contribution in [0.3, 0.4) is 0 Å². The number of fused-ring (bicyclic) bond motifs is 3. The first-order valence-electron chi connectivity index (χ1n) is 9.13. The van der Waals surface area contributed by atoms with E-state index in [1.54, 1.807) is 5.56 Å². The van der Waals surface area contributed by atoms with Gasteiger partial charge in [0.1, 0.15) is 0 Å². The molecule has 1 fully saturated rings. The summed E-state index contributed by atoms with van der Waals surface area (Å²) in [6.07, 6.45) is 13.6. The van der Waals surface area contributed by atoms with E-state index < -0.39 is 0 Å². The maximum Gasteiger partial charge on any atom is 0.0409 e. The molecule has 0 N–H and O–H groups in total. The van der Waals surface area contributed by atoms with Gasteiger partial charge in [-0.1, -0.05) is 55.3 Å². The lowest BCUT2D eigenvalue weighted by Crippen LogP contribution is -2.48. The number of benzene rings is 1. The van der Waals surface area contributed by atoms with E-state index in [4.69, 9.17) is 0 Å². The standard InChI is InChI=1S/C16H23N.C6H10/c1-16(2,3)17-14-10-6-4-8-12(14)13-9-5-7-11-15(13)17;1-3-5-6-4-2/h4,6,8,10,13,15H,5,7,9,11H2,1-3H3;3-6H,1-2H3/b;5-3-,6-4-. The largest absolute Gasteiger partial charge is 0.363 e. The SMILES string of the molecule is C/C=C\C=C/C.CC(C)(C)N1c2ccccc2C2CCCCC21. The second-order valence-corrected chi connectivity index (χ2v) is 7.61. The topological polar surface area (TPSA) is 3.24 Å². The molecule has 0 radical (unpaired) electrons. The van der Waals surface area contributed by atoms with Crippen LogP contribution in [0.25, 0.3) is 0 Å². The zero-order valence-electron chi connectivity index (χ0n) is 15.5. The van der Waals surface area contributed by atoms with Crippen LogP contribution in [0.1, 0.15) is 71.8 Å². The lowest BCUT2D eigenvalue weighted by molar-refractivity contribution is 0.341. The maximum atomic E-state index is 2.69. The van der Waals surface area contributed by atoms with Gasteiger partial charge in [-0.2, -0.15) is 0 Å². The molecule has 0 saturated heterocycles. The summed E-state index contributed by atoms with van der Waals surface area (Å²) in [6, 6.07) is 9.82. The molecule has 1 aromatic carbocycles. The fourth-order valence-electron chi connectivity index (χ4n) is 4.06. The predicted octanol–water partition coefficient (Wildman–Crippen LogP) is 6.47. The Kier molecular flexibility index (Phi) is 6.10. The molecule has 1 aliphatic carbocycles. The summed E-state index contributed by atoms with van der Waals surface area (Å²) in [5, 5.41) is 0. The summed E-state index contributed by atoms with van der Waals surface area (Å²) >= 11 is 0. The highest BCUT2D eigenvalue weighted by atomic mass is 15.2. The van der Waals surface area contributed by atoms with E-state index >= 15 is 0 Å². The van der Waals surface area contributed by atoms with Crippen molar-refractivity contribution in [3.8, 4) is 0 Å². The van der Waals surface area contributed by atoms with Gasteiger partial charge in [-0.3, -0.25) is 0 Å². The van der Waals surface area contributed by atoms with Gasteiger partial charge in [-0.05, 0) is 59.1 Å². The van der Waals surface area contributed by atoms with E-state index in [9.17, 15) is 0 Å². The Morgan fingerprint density at radius 2 is 1.57 bits per heavy atom. The Hall–Kier alpha value is -1.50. The Morgan fingerprint density at radius 3 is 2.17 bits per heavy atom. The highest BCUT2D eigenvalue weighted by molar-refractivity contribution is 5.63. The van der Waals surface area contributed by atoms with Gasteiger partial charge in [0.2, 0.25) is 0 Å². The molecule has 1 nitrogen and oxygen atoms in total. The second kappa shape index (κ2) is 7.86. The summed E-state index contributed by atoms with van der Waals surface area (Å²) in [5.41, 5.74) is 3.34. The van der Waals surface area contributed by atoms with Crippen molar-refractivity contribution in [2.75, 3.05) is 4.90 Å². The van der Waals surface area contributed by atoms with Crippen LogP contribution < -0.4 is 4.90 Å². The predicted molar refractivity (Wildman–Crippen MR) is 103 cm³/mol. The summed E-state index contributed by atoms with van der Waals surface area (Å²) in [7, 11) is 0. The molecule has 1 aliphatic heterocycles. The Morgan fingerprint density at radius 1 is 0.957 bits per heavy atom. The monoisotopic (exact) mass is 311 g/mol. The molecule has 126 valence electrons. The number of hydrogen-bond acceptors (Lipinski definition) is 1. The minimum atomic E-state index is 0.243. The summed E-state index contributed by atoms with van der Waals surface area (Å²) < 4.78 is 0. The molecule has 3 rings (SSSR count). The van der Waals surface area contributed by atoms with Crippen LogP contribution in [0.2, 0.25) is 0 Å². The lowest BCUT2D eigenvalue weighted by Gasteiger charge is -2.42. The molecule has 0 aromatic heterocycles. The van der Waals surface area contributed by atoms with Crippen LogP contribution in [0.4, 0.5) is 5.69 Å². The molecule has 2 atom stereocenters. The van der Waals surface area contributed by atoms with Gasteiger partial charge in [0.25, 0.3) is 0 Å². The average Bonchev–Trinajstić information content (AvgIpc) is 2.88. The van der Waals surface area contributed by atoms with E-state index in [0.29, 0.717) is 0 Å². The highest BCUT2D eigenvalue weighted by Crippen LogP contribution is 2.50. The zero-order valence-corrected chi connectivity index (χ0v) is 15.5. The van der Waals surface area contributed by atoms with Crippen molar-refractivity contribution >= 4 is 5.69 Å². The summed E-state index contributed by atoms with van der Waals surface area (Å²) in [6.45, 7) is 11.0. The van der Waals surface area contributed by atoms with Crippen molar-refractivity contribution in [3.05, 3.63) is 54.1 Å². The van der Waals surface area contributed by atoms with E-state index in [1.165, 1.54) is 31.4 Å². The van der Waals surface area contributed by atoms with Crippen LogP contribution in [-0.2, 0) is 0 Å². The van der Waals surface area contributed by atoms with E-state index in [-0.39, 0.29) is 5.54 Å². The molecule has 0 bridgehead atoms. The van der Waals surface area contributed by atoms with E-state index in [0.717, 1.165) is 12.0 Å². The van der Waals surface area contributed by atoms with Gasteiger partial charge in [-0.15, -0.1) is 0 Å². The normalized spacial score (nSPS) is 23.6. The van der Waals surface area contributed by atoms with Gasteiger partial charge >= 0.3 is 0 Å². The number of nitrogens with zero attached hydrogens (tertiary/aromatic N) is 1. The van der Waals surface area contributed by atoms with Crippen molar-refractivity contribution < 1.29 is 0 Å². The fourth-order valence-corrected chi connectivity index (χ4v) is 4.06. The molecular formula is C22H33N.